The molecule has 0 saturated carbocycles. The third-order valence-corrected chi connectivity index (χ3v) is 3.59. The molecule has 0 unspecified atom stereocenters. The topological polar surface area (TPSA) is 55.1 Å². The van der Waals surface area contributed by atoms with E-state index in [-0.39, 0.29) is 5.56 Å². The van der Waals surface area contributed by atoms with Crippen molar-refractivity contribution in [2.45, 2.75) is 6.92 Å². The van der Waals surface area contributed by atoms with Gasteiger partial charge in [0.05, 0.1) is 11.3 Å². The molecule has 0 aliphatic carbocycles. The fraction of sp³-hybridized carbons (Fsp3) is 0.0714. The predicted octanol–water partition coefficient (Wildman–Crippen LogP) is 3.71. The van der Waals surface area contributed by atoms with Gasteiger partial charge in [0.15, 0.2) is 0 Å². The van der Waals surface area contributed by atoms with E-state index in [1.807, 2.05) is 22.6 Å². The molecule has 0 radical (unpaired) electrons. The van der Waals surface area contributed by atoms with Gasteiger partial charge in [-0.2, -0.15) is 0 Å². The summed E-state index contributed by atoms with van der Waals surface area (Å²) in [5.41, 5.74) is 6.49. The number of benzene rings is 2. The Labute approximate surface area is 128 Å². The van der Waals surface area contributed by atoms with Gasteiger partial charge in [-0.05, 0) is 65.4 Å². The number of nitrogens with two attached hydrogens (primary N) is 1. The molecule has 0 aliphatic heterocycles. The third-order valence-electron chi connectivity index (χ3n) is 2.70. The molecule has 0 heterocycles. The third kappa shape index (κ3) is 3.06. The van der Waals surface area contributed by atoms with Gasteiger partial charge in [-0.1, -0.05) is 0 Å². The summed E-state index contributed by atoms with van der Waals surface area (Å²) in [7, 11) is 0. The molecule has 1 amide bonds. The van der Waals surface area contributed by atoms with Crippen LogP contribution in [0.2, 0.25) is 0 Å². The van der Waals surface area contributed by atoms with Crippen LogP contribution in [0.25, 0.3) is 0 Å². The summed E-state index contributed by atoms with van der Waals surface area (Å²) in [6.45, 7) is 1.53. The number of anilines is 2. The summed E-state index contributed by atoms with van der Waals surface area (Å²) >= 11 is 1.89. The lowest BCUT2D eigenvalue weighted by atomic mass is 10.1. The minimum atomic E-state index is -0.623. The van der Waals surface area contributed by atoms with E-state index >= 15 is 0 Å². The van der Waals surface area contributed by atoms with E-state index in [9.17, 15) is 13.6 Å². The summed E-state index contributed by atoms with van der Waals surface area (Å²) in [4.78, 5) is 12.1. The molecule has 2 aromatic rings. The van der Waals surface area contributed by atoms with Crippen molar-refractivity contribution in [3.63, 3.8) is 0 Å². The van der Waals surface area contributed by atoms with Crippen LogP contribution < -0.4 is 11.1 Å². The highest BCUT2D eigenvalue weighted by Gasteiger charge is 2.16. The van der Waals surface area contributed by atoms with Crippen LogP contribution in [-0.2, 0) is 0 Å². The van der Waals surface area contributed by atoms with Gasteiger partial charge in [0.25, 0.3) is 5.91 Å². The Hall–Kier alpha value is -1.70. The van der Waals surface area contributed by atoms with E-state index in [0.717, 1.165) is 0 Å². The summed E-state index contributed by atoms with van der Waals surface area (Å²) in [5.74, 6) is -1.64. The molecule has 3 N–H and O–H groups in total. The molecule has 2 aromatic carbocycles. The Bertz CT molecular complexity index is 689. The van der Waals surface area contributed by atoms with Crippen LogP contribution in [0.15, 0.2) is 30.3 Å². The first-order valence-electron chi connectivity index (χ1n) is 5.70. The summed E-state index contributed by atoms with van der Waals surface area (Å²) in [6, 6.07) is 6.64. The molecule has 0 spiro atoms. The molecule has 6 heteroatoms. The average Bonchev–Trinajstić information content (AvgIpc) is 2.37. The molecule has 2 rings (SSSR count). The maximum absolute atomic E-state index is 13.9. The van der Waals surface area contributed by atoms with Crippen LogP contribution in [0.4, 0.5) is 20.2 Å². The Kier molecular flexibility index (Phi) is 4.22. The molecule has 3 nitrogen and oxygen atoms in total. The number of rotatable bonds is 2. The summed E-state index contributed by atoms with van der Waals surface area (Å²) in [6.07, 6.45) is 0. The standard InChI is InChI=1S/C14H11F2IN2O/c1-7-4-9(18)6-10(13(7)16)14(20)19-12-3-2-8(15)5-11(12)17/h2-6H,18H2,1H3,(H,19,20). The Morgan fingerprint density at radius 3 is 2.60 bits per heavy atom. The normalized spacial score (nSPS) is 10.4. The fourth-order valence-electron chi connectivity index (χ4n) is 1.74. The largest absolute Gasteiger partial charge is 0.399 e. The first-order chi connectivity index (χ1) is 9.38. The van der Waals surface area contributed by atoms with E-state index in [4.69, 9.17) is 5.73 Å². The molecule has 0 aromatic heterocycles. The Balaban J connectivity index is 2.33. The fourth-order valence-corrected chi connectivity index (χ4v) is 2.36. The second-order valence-electron chi connectivity index (χ2n) is 4.28. The highest BCUT2D eigenvalue weighted by molar-refractivity contribution is 14.1. The number of carbonyl (C=O) groups is 1. The van der Waals surface area contributed by atoms with Gasteiger partial charge in [-0.3, -0.25) is 4.79 Å². The van der Waals surface area contributed by atoms with Gasteiger partial charge in [0.2, 0.25) is 0 Å². The average molecular weight is 388 g/mol. The minimum absolute atomic E-state index is 0.136. The number of halogens is 3. The zero-order chi connectivity index (χ0) is 14.9. The van der Waals surface area contributed by atoms with Crippen molar-refractivity contribution in [3.8, 4) is 0 Å². The first-order valence-corrected chi connectivity index (χ1v) is 6.78. The van der Waals surface area contributed by atoms with E-state index in [1.54, 1.807) is 0 Å². The van der Waals surface area contributed by atoms with Crippen LogP contribution in [0.3, 0.4) is 0 Å². The van der Waals surface area contributed by atoms with Gasteiger partial charge in [-0.25, -0.2) is 8.78 Å². The summed E-state index contributed by atoms with van der Waals surface area (Å²) in [5, 5.41) is 2.54. The van der Waals surface area contributed by atoms with Crippen molar-refractivity contribution in [1.29, 1.82) is 0 Å². The van der Waals surface area contributed by atoms with Crippen LogP contribution in [0, 0.1) is 22.1 Å². The molecule has 0 bridgehead atoms. The van der Waals surface area contributed by atoms with Crippen molar-refractivity contribution in [2.24, 2.45) is 0 Å². The van der Waals surface area contributed by atoms with Crippen molar-refractivity contribution >= 4 is 39.9 Å². The number of hydrogen-bond acceptors (Lipinski definition) is 2. The zero-order valence-electron chi connectivity index (χ0n) is 10.5. The highest BCUT2D eigenvalue weighted by Crippen LogP contribution is 2.22. The first kappa shape index (κ1) is 14.7. The SMILES string of the molecule is Cc1cc(N)cc(C(=O)Nc2ccc(F)cc2I)c1F. The molecule has 0 fully saturated rings. The molecule has 0 aliphatic rings. The van der Waals surface area contributed by atoms with Crippen LogP contribution in [0.5, 0.6) is 0 Å². The van der Waals surface area contributed by atoms with E-state index < -0.39 is 17.5 Å². The Morgan fingerprint density at radius 1 is 1.25 bits per heavy atom. The van der Waals surface area contributed by atoms with Crippen LogP contribution in [0.1, 0.15) is 15.9 Å². The highest BCUT2D eigenvalue weighted by atomic mass is 127. The van der Waals surface area contributed by atoms with Gasteiger partial charge < -0.3 is 11.1 Å². The van der Waals surface area contributed by atoms with Gasteiger partial charge in [-0.15, -0.1) is 0 Å². The maximum atomic E-state index is 13.9. The monoisotopic (exact) mass is 388 g/mol. The lowest BCUT2D eigenvalue weighted by molar-refractivity contribution is 0.102. The van der Waals surface area contributed by atoms with Crippen molar-refractivity contribution < 1.29 is 13.6 Å². The second kappa shape index (κ2) is 5.74. The van der Waals surface area contributed by atoms with Gasteiger partial charge >= 0.3 is 0 Å². The van der Waals surface area contributed by atoms with Gasteiger partial charge in [0, 0.05) is 9.26 Å². The minimum Gasteiger partial charge on any atom is -0.399 e. The maximum Gasteiger partial charge on any atom is 0.258 e. The quantitative estimate of drug-likeness (QED) is 0.609. The van der Waals surface area contributed by atoms with Crippen LogP contribution in [-0.4, -0.2) is 5.91 Å². The number of nitrogens with one attached hydrogen (secondary N) is 1. The zero-order valence-corrected chi connectivity index (χ0v) is 12.7. The summed E-state index contributed by atoms with van der Waals surface area (Å²) < 4.78 is 27.4. The van der Waals surface area contributed by atoms with E-state index in [0.29, 0.717) is 20.5 Å². The molecular formula is C14H11F2IN2O. The molecule has 20 heavy (non-hydrogen) atoms. The lowest BCUT2D eigenvalue weighted by Crippen LogP contribution is -2.15. The van der Waals surface area contributed by atoms with Crippen molar-refractivity contribution in [2.75, 3.05) is 11.1 Å². The molecule has 0 saturated heterocycles. The number of nitrogen functional groups attached to an aromatic ring is 1. The predicted molar refractivity (Wildman–Crippen MR) is 82.6 cm³/mol. The Morgan fingerprint density at radius 2 is 1.95 bits per heavy atom. The lowest BCUT2D eigenvalue weighted by Gasteiger charge is -2.10. The molecule has 104 valence electrons. The van der Waals surface area contributed by atoms with Crippen LogP contribution >= 0.6 is 22.6 Å². The smallest absolute Gasteiger partial charge is 0.258 e. The molecule has 0 atom stereocenters. The van der Waals surface area contributed by atoms with Crippen molar-refractivity contribution in [3.05, 3.63) is 56.7 Å². The van der Waals surface area contributed by atoms with E-state index in [2.05, 4.69) is 5.32 Å². The number of amides is 1. The second-order valence-corrected chi connectivity index (χ2v) is 5.44. The van der Waals surface area contributed by atoms with E-state index in [1.165, 1.54) is 37.3 Å². The molecular weight excluding hydrogens is 377 g/mol. The number of aryl methyl sites for hydroxylation is 1. The van der Waals surface area contributed by atoms with Gasteiger partial charge in [0.1, 0.15) is 11.6 Å². The number of hydrogen-bond donors (Lipinski definition) is 2. The van der Waals surface area contributed by atoms with Crippen molar-refractivity contribution in [1.82, 2.24) is 0 Å². The number of carbonyl (C=O) groups excluding carboxylic acids is 1.